The van der Waals surface area contributed by atoms with Crippen LogP contribution >= 0.6 is 23.4 Å². The molecule has 0 saturated carbocycles. The fourth-order valence-electron chi connectivity index (χ4n) is 1.75. The molecule has 20 heavy (non-hydrogen) atoms. The summed E-state index contributed by atoms with van der Waals surface area (Å²) in [4.78, 5) is 8.49. The summed E-state index contributed by atoms with van der Waals surface area (Å²) in [5.41, 5.74) is 2.44. The highest BCUT2D eigenvalue weighted by atomic mass is 35.5. The first-order valence-corrected chi connectivity index (χ1v) is 7.95. The minimum absolute atomic E-state index is 0.156. The SMILES string of the molecule is CSc1nc(Cl)cc(Nc2ccc(C(C)(C)C)cc2)n1. The summed E-state index contributed by atoms with van der Waals surface area (Å²) in [5.74, 6) is 0.706. The van der Waals surface area contributed by atoms with Crippen molar-refractivity contribution < 1.29 is 0 Å². The van der Waals surface area contributed by atoms with Crippen molar-refractivity contribution in [2.24, 2.45) is 0 Å². The zero-order chi connectivity index (χ0) is 14.8. The number of aromatic nitrogens is 2. The Morgan fingerprint density at radius 3 is 2.30 bits per heavy atom. The van der Waals surface area contributed by atoms with E-state index in [0.717, 1.165) is 5.69 Å². The highest BCUT2D eigenvalue weighted by Gasteiger charge is 2.12. The molecule has 0 fully saturated rings. The number of benzene rings is 1. The van der Waals surface area contributed by atoms with Gasteiger partial charge < -0.3 is 5.32 Å². The summed E-state index contributed by atoms with van der Waals surface area (Å²) < 4.78 is 0. The molecule has 0 spiro atoms. The molecule has 1 aromatic heterocycles. The summed E-state index contributed by atoms with van der Waals surface area (Å²) >= 11 is 7.44. The van der Waals surface area contributed by atoms with Gasteiger partial charge >= 0.3 is 0 Å². The van der Waals surface area contributed by atoms with E-state index in [2.05, 4.69) is 60.3 Å². The van der Waals surface area contributed by atoms with Crippen LogP contribution in [0.2, 0.25) is 5.15 Å². The lowest BCUT2D eigenvalue weighted by Crippen LogP contribution is -2.10. The van der Waals surface area contributed by atoms with Crippen molar-refractivity contribution in [3.63, 3.8) is 0 Å². The molecule has 1 N–H and O–H groups in total. The number of rotatable bonds is 3. The Kier molecular flexibility index (Phi) is 4.55. The van der Waals surface area contributed by atoms with E-state index < -0.39 is 0 Å². The quantitative estimate of drug-likeness (QED) is 0.497. The van der Waals surface area contributed by atoms with Gasteiger partial charge in [-0.3, -0.25) is 0 Å². The minimum Gasteiger partial charge on any atom is -0.340 e. The van der Waals surface area contributed by atoms with Crippen molar-refractivity contribution in [1.29, 1.82) is 0 Å². The Bertz CT molecular complexity index is 591. The summed E-state index contributed by atoms with van der Waals surface area (Å²) in [6.07, 6.45) is 1.92. The number of thioether (sulfide) groups is 1. The largest absolute Gasteiger partial charge is 0.340 e. The smallest absolute Gasteiger partial charge is 0.190 e. The molecular weight excluding hydrogens is 290 g/mol. The third-order valence-corrected chi connectivity index (χ3v) is 3.62. The highest BCUT2D eigenvalue weighted by Crippen LogP contribution is 2.25. The van der Waals surface area contributed by atoms with Gasteiger partial charge in [0.2, 0.25) is 0 Å². The van der Waals surface area contributed by atoms with Gasteiger partial charge in [-0.2, -0.15) is 0 Å². The average Bonchev–Trinajstić information content (AvgIpc) is 2.37. The molecule has 0 aliphatic rings. The Morgan fingerprint density at radius 1 is 1.10 bits per heavy atom. The molecule has 0 radical (unpaired) electrons. The molecule has 0 saturated heterocycles. The van der Waals surface area contributed by atoms with E-state index in [1.165, 1.54) is 17.3 Å². The van der Waals surface area contributed by atoms with Crippen LogP contribution in [0.3, 0.4) is 0 Å². The average molecular weight is 308 g/mol. The first kappa shape index (κ1) is 15.1. The molecule has 2 aromatic rings. The Morgan fingerprint density at radius 2 is 1.75 bits per heavy atom. The molecule has 0 amide bonds. The van der Waals surface area contributed by atoms with Crippen LogP contribution in [0.4, 0.5) is 11.5 Å². The second-order valence-electron chi connectivity index (χ2n) is 5.51. The molecule has 5 heteroatoms. The van der Waals surface area contributed by atoms with Crippen molar-refractivity contribution in [1.82, 2.24) is 9.97 Å². The molecular formula is C15H18ClN3S. The Labute approximate surface area is 129 Å². The molecule has 0 aliphatic heterocycles. The first-order chi connectivity index (χ1) is 9.38. The van der Waals surface area contributed by atoms with Gasteiger partial charge in [0.1, 0.15) is 11.0 Å². The van der Waals surface area contributed by atoms with Gasteiger partial charge in [0.15, 0.2) is 5.16 Å². The van der Waals surface area contributed by atoms with Crippen LogP contribution in [0, 0.1) is 0 Å². The molecule has 106 valence electrons. The van der Waals surface area contributed by atoms with E-state index in [9.17, 15) is 0 Å². The fourth-order valence-corrected chi connectivity index (χ4v) is 2.37. The van der Waals surface area contributed by atoms with Crippen molar-refractivity contribution in [2.75, 3.05) is 11.6 Å². The Balaban J connectivity index is 2.20. The zero-order valence-corrected chi connectivity index (χ0v) is 13.6. The number of nitrogens with one attached hydrogen (secondary N) is 1. The van der Waals surface area contributed by atoms with Gasteiger partial charge in [0.25, 0.3) is 0 Å². The Hall–Kier alpha value is -1.26. The maximum atomic E-state index is 5.98. The summed E-state index contributed by atoms with van der Waals surface area (Å²) in [6.45, 7) is 6.60. The van der Waals surface area contributed by atoms with E-state index in [4.69, 9.17) is 11.6 Å². The predicted molar refractivity (Wildman–Crippen MR) is 87.2 cm³/mol. The zero-order valence-electron chi connectivity index (χ0n) is 12.1. The summed E-state index contributed by atoms with van der Waals surface area (Å²) in [7, 11) is 0. The van der Waals surface area contributed by atoms with Crippen LogP contribution in [-0.2, 0) is 5.41 Å². The van der Waals surface area contributed by atoms with Crippen LogP contribution in [0.15, 0.2) is 35.5 Å². The number of hydrogen-bond acceptors (Lipinski definition) is 4. The third-order valence-electron chi connectivity index (χ3n) is 2.88. The number of halogens is 1. The third kappa shape index (κ3) is 3.87. The summed E-state index contributed by atoms with van der Waals surface area (Å²) in [6, 6.07) is 10.1. The number of hydrogen-bond donors (Lipinski definition) is 1. The summed E-state index contributed by atoms with van der Waals surface area (Å²) in [5, 5.41) is 4.35. The lowest BCUT2D eigenvalue weighted by Gasteiger charge is -2.19. The van der Waals surface area contributed by atoms with Gasteiger partial charge in [-0.05, 0) is 29.4 Å². The van der Waals surface area contributed by atoms with E-state index in [-0.39, 0.29) is 5.41 Å². The van der Waals surface area contributed by atoms with Gasteiger partial charge in [0.05, 0.1) is 0 Å². The molecule has 0 bridgehead atoms. The first-order valence-electron chi connectivity index (χ1n) is 6.34. The van der Waals surface area contributed by atoms with Crippen LogP contribution in [-0.4, -0.2) is 16.2 Å². The van der Waals surface area contributed by atoms with Crippen LogP contribution < -0.4 is 5.32 Å². The minimum atomic E-state index is 0.156. The molecule has 0 atom stereocenters. The van der Waals surface area contributed by atoms with Crippen LogP contribution in [0.25, 0.3) is 0 Å². The topological polar surface area (TPSA) is 37.8 Å². The van der Waals surface area contributed by atoms with Gasteiger partial charge in [0, 0.05) is 11.8 Å². The molecule has 2 rings (SSSR count). The van der Waals surface area contributed by atoms with Crippen molar-refractivity contribution >= 4 is 34.9 Å². The van der Waals surface area contributed by atoms with Crippen LogP contribution in [0.1, 0.15) is 26.3 Å². The molecule has 0 aliphatic carbocycles. The standard InChI is InChI=1S/C15H18ClN3S/c1-15(2,3)10-5-7-11(8-6-10)17-13-9-12(16)18-14(19-13)20-4/h5-9H,1-4H3,(H,17,18,19). The fraction of sp³-hybridized carbons (Fsp3) is 0.333. The highest BCUT2D eigenvalue weighted by molar-refractivity contribution is 7.98. The molecule has 3 nitrogen and oxygen atoms in total. The number of anilines is 2. The monoisotopic (exact) mass is 307 g/mol. The van der Waals surface area contributed by atoms with Crippen molar-refractivity contribution in [3.8, 4) is 0 Å². The molecule has 0 unspecified atom stereocenters. The van der Waals surface area contributed by atoms with E-state index in [1.807, 2.05) is 6.26 Å². The second kappa shape index (κ2) is 6.02. The normalized spacial score (nSPS) is 11.4. The molecule has 1 heterocycles. The van der Waals surface area contributed by atoms with Crippen LogP contribution in [0.5, 0.6) is 0 Å². The predicted octanol–water partition coefficient (Wildman–Crippen LogP) is 4.89. The second-order valence-corrected chi connectivity index (χ2v) is 6.68. The van der Waals surface area contributed by atoms with Crippen molar-refractivity contribution in [3.05, 3.63) is 41.0 Å². The van der Waals surface area contributed by atoms with Crippen molar-refractivity contribution in [2.45, 2.75) is 31.3 Å². The maximum Gasteiger partial charge on any atom is 0.190 e. The van der Waals surface area contributed by atoms with Gasteiger partial charge in [-0.25, -0.2) is 9.97 Å². The van der Waals surface area contributed by atoms with E-state index in [0.29, 0.717) is 16.1 Å². The van der Waals surface area contributed by atoms with E-state index in [1.54, 1.807) is 6.07 Å². The lowest BCUT2D eigenvalue weighted by atomic mass is 9.87. The van der Waals surface area contributed by atoms with E-state index >= 15 is 0 Å². The lowest BCUT2D eigenvalue weighted by molar-refractivity contribution is 0.590. The maximum absolute atomic E-state index is 5.98. The number of nitrogens with zero attached hydrogens (tertiary/aromatic N) is 2. The molecule has 1 aromatic carbocycles. The van der Waals surface area contributed by atoms with Gasteiger partial charge in [-0.1, -0.05) is 56.3 Å². The van der Waals surface area contributed by atoms with Gasteiger partial charge in [-0.15, -0.1) is 0 Å².